The fourth-order valence-electron chi connectivity index (χ4n) is 2.88. The molecular weight excluding hydrogens is 387 g/mol. The number of ether oxygens (including phenoxy) is 1. The molecule has 2 aromatic rings. The van der Waals surface area contributed by atoms with Crippen LogP contribution in [-0.4, -0.2) is 57.3 Å². The van der Waals surface area contributed by atoms with Gasteiger partial charge in [0.15, 0.2) is 0 Å². The summed E-state index contributed by atoms with van der Waals surface area (Å²) in [6.45, 7) is 4.74. The maximum atomic E-state index is 12.7. The van der Waals surface area contributed by atoms with Gasteiger partial charge in [-0.25, -0.2) is 4.98 Å². The Morgan fingerprint density at radius 3 is 2.57 bits per heavy atom. The predicted octanol–water partition coefficient (Wildman–Crippen LogP) is 3.12. The van der Waals surface area contributed by atoms with Crippen molar-refractivity contribution < 1.29 is 18.7 Å². The standard InChI is InChI=1S/C22H29FN4O3/c1-15-12-16(2)19(13-18(15)22(29)24-9-5-8-23)26-21(28)17-6-7-20(25-14-17)27(3)10-11-30-4/h6-7,12-14H,5,8-11H2,1-4H3,(H,24,29)(H,26,28). The zero-order chi connectivity index (χ0) is 22.1. The van der Waals surface area contributed by atoms with E-state index in [1.807, 2.05) is 31.9 Å². The number of rotatable bonds is 10. The number of aryl methyl sites for hydroxylation is 2. The van der Waals surface area contributed by atoms with Crippen LogP contribution in [-0.2, 0) is 4.74 Å². The van der Waals surface area contributed by atoms with Gasteiger partial charge < -0.3 is 20.3 Å². The molecule has 0 saturated heterocycles. The molecule has 1 heterocycles. The molecule has 1 aromatic carbocycles. The number of benzene rings is 1. The first-order chi connectivity index (χ1) is 14.4. The van der Waals surface area contributed by atoms with Gasteiger partial charge in [-0.15, -0.1) is 0 Å². The van der Waals surface area contributed by atoms with Crippen LogP contribution in [0.4, 0.5) is 15.9 Å². The van der Waals surface area contributed by atoms with Crippen molar-refractivity contribution in [1.82, 2.24) is 10.3 Å². The number of carbonyl (C=O) groups is 2. The van der Waals surface area contributed by atoms with Crippen molar-refractivity contribution >= 4 is 23.3 Å². The number of aromatic nitrogens is 1. The Morgan fingerprint density at radius 2 is 1.93 bits per heavy atom. The molecule has 2 rings (SSSR count). The molecule has 0 aliphatic rings. The zero-order valence-corrected chi connectivity index (χ0v) is 17.9. The summed E-state index contributed by atoms with van der Waals surface area (Å²) < 4.78 is 17.3. The highest BCUT2D eigenvalue weighted by molar-refractivity contribution is 6.05. The summed E-state index contributed by atoms with van der Waals surface area (Å²) in [5.41, 5.74) is 3.02. The highest BCUT2D eigenvalue weighted by Gasteiger charge is 2.15. The minimum atomic E-state index is -0.483. The van der Waals surface area contributed by atoms with Gasteiger partial charge in [-0.2, -0.15) is 0 Å². The molecule has 2 amide bonds. The molecule has 0 unspecified atom stereocenters. The van der Waals surface area contributed by atoms with E-state index in [2.05, 4.69) is 15.6 Å². The van der Waals surface area contributed by atoms with E-state index in [-0.39, 0.29) is 24.8 Å². The second kappa shape index (κ2) is 11.3. The number of hydrogen-bond acceptors (Lipinski definition) is 5. The summed E-state index contributed by atoms with van der Waals surface area (Å²) in [7, 11) is 3.54. The van der Waals surface area contributed by atoms with Crippen LogP contribution < -0.4 is 15.5 Å². The van der Waals surface area contributed by atoms with Crippen molar-refractivity contribution in [3.63, 3.8) is 0 Å². The van der Waals surface area contributed by atoms with Crippen LogP contribution in [0.5, 0.6) is 0 Å². The topological polar surface area (TPSA) is 83.6 Å². The van der Waals surface area contributed by atoms with Crippen molar-refractivity contribution in [1.29, 1.82) is 0 Å². The summed E-state index contributed by atoms with van der Waals surface area (Å²) in [4.78, 5) is 31.3. The monoisotopic (exact) mass is 416 g/mol. The summed E-state index contributed by atoms with van der Waals surface area (Å²) in [5, 5.41) is 5.54. The van der Waals surface area contributed by atoms with Crippen molar-refractivity contribution in [2.75, 3.05) is 50.7 Å². The van der Waals surface area contributed by atoms with Crippen molar-refractivity contribution in [2.45, 2.75) is 20.3 Å². The largest absolute Gasteiger partial charge is 0.383 e. The molecule has 0 bridgehead atoms. The highest BCUT2D eigenvalue weighted by Crippen LogP contribution is 2.22. The lowest BCUT2D eigenvalue weighted by Gasteiger charge is -2.17. The van der Waals surface area contributed by atoms with E-state index < -0.39 is 6.67 Å². The molecule has 0 aliphatic heterocycles. The molecule has 162 valence electrons. The number of methoxy groups -OCH3 is 1. The van der Waals surface area contributed by atoms with Crippen LogP contribution >= 0.6 is 0 Å². The number of pyridine rings is 1. The second-order valence-corrected chi connectivity index (χ2v) is 7.05. The molecule has 30 heavy (non-hydrogen) atoms. The zero-order valence-electron chi connectivity index (χ0n) is 17.9. The average molecular weight is 416 g/mol. The van der Waals surface area contributed by atoms with Crippen LogP contribution in [0.15, 0.2) is 30.5 Å². The maximum absolute atomic E-state index is 12.7. The number of anilines is 2. The third-order valence-corrected chi connectivity index (χ3v) is 4.69. The molecule has 7 nitrogen and oxygen atoms in total. The Bertz CT molecular complexity index is 871. The number of nitrogens with zero attached hydrogens (tertiary/aromatic N) is 2. The number of nitrogens with one attached hydrogen (secondary N) is 2. The first-order valence-corrected chi connectivity index (χ1v) is 9.80. The van der Waals surface area contributed by atoms with Gasteiger partial charge in [0.05, 0.1) is 18.8 Å². The van der Waals surface area contributed by atoms with Crippen molar-refractivity contribution in [3.05, 3.63) is 52.7 Å². The van der Waals surface area contributed by atoms with E-state index >= 15 is 0 Å². The average Bonchev–Trinajstić information content (AvgIpc) is 2.74. The third-order valence-electron chi connectivity index (χ3n) is 4.69. The van der Waals surface area contributed by atoms with Crippen LogP contribution in [0.25, 0.3) is 0 Å². The van der Waals surface area contributed by atoms with E-state index in [1.165, 1.54) is 6.20 Å². The van der Waals surface area contributed by atoms with Gasteiger partial charge in [0.1, 0.15) is 5.82 Å². The summed E-state index contributed by atoms with van der Waals surface area (Å²) >= 11 is 0. The summed E-state index contributed by atoms with van der Waals surface area (Å²) in [6, 6.07) is 6.96. The van der Waals surface area contributed by atoms with Gasteiger partial charge in [0, 0.05) is 44.7 Å². The molecule has 8 heteroatoms. The van der Waals surface area contributed by atoms with E-state index in [1.54, 1.807) is 25.3 Å². The van der Waals surface area contributed by atoms with E-state index in [0.717, 1.165) is 16.9 Å². The fraction of sp³-hybridized carbons (Fsp3) is 0.409. The third kappa shape index (κ3) is 6.25. The highest BCUT2D eigenvalue weighted by atomic mass is 19.1. The van der Waals surface area contributed by atoms with Gasteiger partial charge in [0.2, 0.25) is 0 Å². The second-order valence-electron chi connectivity index (χ2n) is 7.05. The van der Waals surface area contributed by atoms with Crippen LogP contribution in [0, 0.1) is 13.8 Å². The normalized spacial score (nSPS) is 10.6. The minimum Gasteiger partial charge on any atom is -0.383 e. The molecular formula is C22H29FN4O3. The van der Waals surface area contributed by atoms with Gasteiger partial charge in [-0.05, 0) is 49.6 Å². The lowest BCUT2D eigenvalue weighted by atomic mass is 10.0. The summed E-state index contributed by atoms with van der Waals surface area (Å²) in [5.74, 6) is 0.133. The molecule has 0 aliphatic carbocycles. The van der Waals surface area contributed by atoms with Crippen LogP contribution in [0.2, 0.25) is 0 Å². The molecule has 0 spiro atoms. The van der Waals surface area contributed by atoms with Crippen LogP contribution in [0.3, 0.4) is 0 Å². The van der Waals surface area contributed by atoms with E-state index in [0.29, 0.717) is 30.0 Å². The lowest BCUT2D eigenvalue weighted by molar-refractivity contribution is 0.0950. The molecule has 1 aromatic heterocycles. The Kier molecular flexibility index (Phi) is 8.73. The molecule has 0 atom stereocenters. The van der Waals surface area contributed by atoms with Crippen molar-refractivity contribution in [2.24, 2.45) is 0 Å². The Hall–Kier alpha value is -3.00. The number of alkyl halides is 1. The Balaban J connectivity index is 2.12. The molecule has 0 radical (unpaired) electrons. The smallest absolute Gasteiger partial charge is 0.257 e. The number of carbonyl (C=O) groups excluding carboxylic acids is 2. The van der Waals surface area contributed by atoms with Gasteiger partial charge in [-0.1, -0.05) is 6.07 Å². The van der Waals surface area contributed by atoms with E-state index in [9.17, 15) is 14.0 Å². The summed E-state index contributed by atoms with van der Waals surface area (Å²) in [6.07, 6.45) is 1.78. The fourth-order valence-corrected chi connectivity index (χ4v) is 2.88. The van der Waals surface area contributed by atoms with Gasteiger partial charge in [-0.3, -0.25) is 14.0 Å². The molecule has 0 saturated carbocycles. The number of likely N-dealkylation sites (N-methyl/N-ethyl adjacent to an activating group) is 1. The quantitative estimate of drug-likeness (QED) is 0.582. The first-order valence-electron chi connectivity index (χ1n) is 9.80. The number of amides is 2. The molecule has 0 fully saturated rings. The number of hydrogen-bond donors (Lipinski definition) is 2. The maximum Gasteiger partial charge on any atom is 0.257 e. The SMILES string of the molecule is COCCN(C)c1ccc(C(=O)Nc2cc(C(=O)NCCCF)c(C)cc2C)cn1. The Labute approximate surface area is 176 Å². The van der Waals surface area contributed by atoms with Crippen LogP contribution in [0.1, 0.15) is 38.3 Å². The van der Waals surface area contributed by atoms with Crippen molar-refractivity contribution in [3.8, 4) is 0 Å². The van der Waals surface area contributed by atoms with Gasteiger partial charge >= 0.3 is 0 Å². The van der Waals surface area contributed by atoms with E-state index in [4.69, 9.17) is 4.74 Å². The Morgan fingerprint density at radius 1 is 1.17 bits per heavy atom. The first kappa shape index (κ1) is 23.3. The number of halogens is 1. The van der Waals surface area contributed by atoms with Gasteiger partial charge in [0.25, 0.3) is 11.8 Å². The predicted molar refractivity (Wildman–Crippen MR) is 116 cm³/mol. The minimum absolute atomic E-state index is 0.265. The lowest BCUT2D eigenvalue weighted by Crippen LogP contribution is -2.26. The molecule has 2 N–H and O–H groups in total.